The van der Waals surface area contributed by atoms with E-state index in [2.05, 4.69) is 9.97 Å². The normalized spacial score (nSPS) is 13.2. The minimum absolute atomic E-state index is 0.151. The Morgan fingerprint density at radius 3 is 2.42 bits per heavy atom. The summed E-state index contributed by atoms with van der Waals surface area (Å²) in [6.07, 6.45) is 1.26. The van der Waals surface area contributed by atoms with Crippen LogP contribution < -0.4 is 0 Å². The maximum atomic E-state index is 12.3. The highest BCUT2D eigenvalue weighted by molar-refractivity contribution is 8.00. The SMILES string of the molecule is CC(C)(C)c1nc2cc(SC(F)(F)F)ncn2c1Cl. The second kappa shape index (κ2) is 4.56. The monoisotopic (exact) mass is 309 g/mol. The van der Waals surface area contributed by atoms with E-state index in [1.54, 1.807) is 0 Å². The summed E-state index contributed by atoms with van der Waals surface area (Å²) in [6, 6.07) is 1.28. The summed E-state index contributed by atoms with van der Waals surface area (Å²) in [5.41, 5.74) is -3.67. The highest BCUT2D eigenvalue weighted by Gasteiger charge is 2.30. The standard InChI is InChI=1S/C11H11ClF3N3S/c1-10(2,3)8-9(12)18-5-16-7(4-6(18)17-8)19-11(13,14)15/h4-5H,1-3H3. The smallest absolute Gasteiger partial charge is 0.273 e. The second-order valence-electron chi connectivity index (χ2n) is 5.00. The summed E-state index contributed by atoms with van der Waals surface area (Å²) < 4.78 is 38.3. The zero-order valence-electron chi connectivity index (χ0n) is 10.4. The van der Waals surface area contributed by atoms with E-state index in [9.17, 15) is 13.2 Å². The molecule has 0 bridgehead atoms. The molecule has 2 rings (SSSR count). The first kappa shape index (κ1) is 14.5. The summed E-state index contributed by atoms with van der Waals surface area (Å²) in [5.74, 6) is 0. The van der Waals surface area contributed by atoms with E-state index >= 15 is 0 Å². The molecule has 0 amide bonds. The number of imidazole rings is 1. The Morgan fingerprint density at radius 1 is 1.26 bits per heavy atom. The maximum absolute atomic E-state index is 12.3. The van der Waals surface area contributed by atoms with Crippen LogP contribution in [0.4, 0.5) is 13.2 Å². The fraction of sp³-hybridized carbons (Fsp3) is 0.455. The third kappa shape index (κ3) is 3.14. The van der Waals surface area contributed by atoms with Crippen LogP contribution in [0, 0.1) is 0 Å². The van der Waals surface area contributed by atoms with E-state index < -0.39 is 5.51 Å². The van der Waals surface area contributed by atoms with Gasteiger partial charge in [-0.3, -0.25) is 4.40 Å². The molecule has 0 aliphatic rings. The van der Waals surface area contributed by atoms with Crippen LogP contribution in [0.15, 0.2) is 17.4 Å². The first-order chi connectivity index (χ1) is 8.58. The molecule has 2 aromatic rings. The van der Waals surface area contributed by atoms with Crippen molar-refractivity contribution in [2.75, 3.05) is 0 Å². The van der Waals surface area contributed by atoms with Gasteiger partial charge in [0.2, 0.25) is 0 Å². The first-order valence-corrected chi connectivity index (χ1v) is 6.57. The topological polar surface area (TPSA) is 30.2 Å². The van der Waals surface area contributed by atoms with Crippen LogP contribution >= 0.6 is 23.4 Å². The Kier molecular flexibility index (Phi) is 3.47. The van der Waals surface area contributed by atoms with Gasteiger partial charge in [0, 0.05) is 23.2 Å². The summed E-state index contributed by atoms with van der Waals surface area (Å²) >= 11 is 5.89. The van der Waals surface area contributed by atoms with Crippen molar-refractivity contribution >= 4 is 29.0 Å². The fourth-order valence-corrected chi connectivity index (χ4v) is 2.51. The number of thioether (sulfide) groups is 1. The molecule has 2 aromatic heterocycles. The molecule has 0 aliphatic carbocycles. The molecule has 3 nitrogen and oxygen atoms in total. The van der Waals surface area contributed by atoms with Crippen molar-refractivity contribution in [1.82, 2.24) is 14.4 Å². The van der Waals surface area contributed by atoms with E-state index in [4.69, 9.17) is 11.6 Å². The van der Waals surface area contributed by atoms with Crippen LogP contribution in [0.2, 0.25) is 5.15 Å². The van der Waals surface area contributed by atoms with Gasteiger partial charge in [0.1, 0.15) is 22.2 Å². The zero-order valence-corrected chi connectivity index (χ0v) is 12.0. The largest absolute Gasteiger partial charge is 0.447 e. The van der Waals surface area contributed by atoms with E-state index in [0.29, 0.717) is 16.5 Å². The molecule has 0 N–H and O–H groups in total. The number of nitrogens with zero attached hydrogens (tertiary/aromatic N) is 3. The van der Waals surface area contributed by atoms with Gasteiger partial charge in [-0.2, -0.15) is 13.2 Å². The molecule has 104 valence electrons. The zero-order chi connectivity index (χ0) is 14.4. The molecule has 19 heavy (non-hydrogen) atoms. The Bertz CT molecular complexity index is 616. The van der Waals surface area contributed by atoms with Crippen molar-refractivity contribution < 1.29 is 13.2 Å². The lowest BCUT2D eigenvalue weighted by Gasteiger charge is -2.15. The van der Waals surface area contributed by atoms with Gasteiger partial charge >= 0.3 is 5.51 Å². The number of hydrogen-bond donors (Lipinski definition) is 0. The fourth-order valence-electron chi connectivity index (χ4n) is 1.55. The lowest BCUT2D eigenvalue weighted by molar-refractivity contribution is -0.0329. The maximum Gasteiger partial charge on any atom is 0.447 e. The molecule has 0 unspecified atom stereocenters. The molecule has 0 atom stereocenters. The Morgan fingerprint density at radius 2 is 1.89 bits per heavy atom. The molecular formula is C11H11ClF3N3S. The number of fused-ring (bicyclic) bond motifs is 1. The molecule has 0 saturated carbocycles. The number of alkyl halides is 3. The Hall–Kier alpha value is -0.950. The van der Waals surface area contributed by atoms with Crippen LogP contribution in [0.1, 0.15) is 26.5 Å². The third-order valence-electron chi connectivity index (χ3n) is 2.36. The van der Waals surface area contributed by atoms with E-state index in [1.807, 2.05) is 20.8 Å². The highest BCUT2D eigenvalue weighted by atomic mass is 35.5. The van der Waals surface area contributed by atoms with E-state index in [1.165, 1.54) is 16.8 Å². The summed E-state index contributed by atoms with van der Waals surface area (Å²) in [4.78, 5) is 8.01. The van der Waals surface area contributed by atoms with Gasteiger partial charge in [0.25, 0.3) is 0 Å². The van der Waals surface area contributed by atoms with E-state index in [0.717, 1.165) is 0 Å². The van der Waals surface area contributed by atoms with Gasteiger partial charge in [-0.25, -0.2) is 9.97 Å². The van der Waals surface area contributed by atoms with Gasteiger partial charge in [-0.05, 0) is 0 Å². The average Bonchev–Trinajstić information content (AvgIpc) is 2.52. The molecule has 0 saturated heterocycles. The quantitative estimate of drug-likeness (QED) is 0.581. The predicted octanol–water partition coefficient (Wildman–Crippen LogP) is 4.29. The van der Waals surface area contributed by atoms with Crippen molar-refractivity contribution in [3.05, 3.63) is 23.2 Å². The molecule has 0 radical (unpaired) electrons. The average molecular weight is 310 g/mol. The third-order valence-corrected chi connectivity index (χ3v) is 3.39. The van der Waals surface area contributed by atoms with Crippen LogP contribution in [0.25, 0.3) is 5.65 Å². The summed E-state index contributed by atoms with van der Waals surface area (Å²) in [5, 5.41) is 0.223. The predicted molar refractivity (Wildman–Crippen MR) is 68.6 cm³/mol. The van der Waals surface area contributed by atoms with Crippen LogP contribution in [-0.4, -0.2) is 19.9 Å². The van der Waals surface area contributed by atoms with Crippen LogP contribution in [0.5, 0.6) is 0 Å². The molecule has 2 heterocycles. The Balaban J connectivity index is 2.50. The van der Waals surface area contributed by atoms with Crippen molar-refractivity contribution in [2.24, 2.45) is 0 Å². The van der Waals surface area contributed by atoms with Crippen molar-refractivity contribution in [3.63, 3.8) is 0 Å². The van der Waals surface area contributed by atoms with Crippen molar-refractivity contribution in [3.8, 4) is 0 Å². The van der Waals surface area contributed by atoms with Gasteiger partial charge in [0.05, 0.1) is 5.69 Å². The molecule has 0 fully saturated rings. The molecule has 0 aliphatic heterocycles. The molecular weight excluding hydrogens is 299 g/mol. The number of rotatable bonds is 1. The molecule has 8 heteroatoms. The minimum atomic E-state index is -4.37. The number of hydrogen-bond acceptors (Lipinski definition) is 3. The second-order valence-corrected chi connectivity index (χ2v) is 6.45. The Labute approximate surface area is 117 Å². The van der Waals surface area contributed by atoms with Crippen molar-refractivity contribution in [2.45, 2.75) is 36.7 Å². The van der Waals surface area contributed by atoms with Crippen LogP contribution in [0.3, 0.4) is 0 Å². The minimum Gasteiger partial charge on any atom is -0.273 e. The lowest BCUT2D eigenvalue weighted by atomic mass is 9.93. The van der Waals surface area contributed by atoms with Gasteiger partial charge in [-0.15, -0.1) is 0 Å². The van der Waals surface area contributed by atoms with Crippen LogP contribution in [-0.2, 0) is 5.41 Å². The van der Waals surface area contributed by atoms with Gasteiger partial charge in [0.15, 0.2) is 0 Å². The number of aromatic nitrogens is 3. The summed E-state index contributed by atoms with van der Waals surface area (Å²) in [7, 11) is 0. The van der Waals surface area contributed by atoms with Gasteiger partial charge < -0.3 is 0 Å². The molecule has 0 spiro atoms. The van der Waals surface area contributed by atoms with E-state index in [-0.39, 0.29) is 22.2 Å². The highest BCUT2D eigenvalue weighted by Crippen LogP contribution is 2.37. The summed E-state index contributed by atoms with van der Waals surface area (Å²) in [6.45, 7) is 5.79. The first-order valence-electron chi connectivity index (χ1n) is 5.38. The van der Waals surface area contributed by atoms with Crippen molar-refractivity contribution in [1.29, 1.82) is 0 Å². The van der Waals surface area contributed by atoms with Gasteiger partial charge in [-0.1, -0.05) is 32.4 Å². The number of halogens is 4. The molecule has 0 aromatic carbocycles. The lowest BCUT2D eigenvalue weighted by Crippen LogP contribution is -2.12.